The molecule has 176 valence electrons. The van der Waals surface area contributed by atoms with Crippen molar-refractivity contribution in [1.29, 1.82) is 0 Å². The van der Waals surface area contributed by atoms with E-state index in [1.54, 1.807) is 12.1 Å². The Balaban J connectivity index is 0.000000920. The number of ether oxygens (including phenoxy) is 1. The van der Waals surface area contributed by atoms with Gasteiger partial charge in [0.25, 0.3) is 11.8 Å². The molecular formula is C22H29Cl2N3O5. The Morgan fingerprint density at radius 2 is 1.62 bits per heavy atom. The van der Waals surface area contributed by atoms with Gasteiger partial charge in [-0.1, -0.05) is 41.4 Å². The first-order valence-electron chi connectivity index (χ1n) is 9.99. The van der Waals surface area contributed by atoms with E-state index < -0.39 is 11.7 Å². The first kappa shape index (κ1) is 27.8. The summed E-state index contributed by atoms with van der Waals surface area (Å²) in [7, 11) is 0. The van der Waals surface area contributed by atoms with Gasteiger partial charge in [-0.3, -0.25) is 14.6 Å². The highest BCUT2D eigenvalue weighted by Crippen LogP contribution is 2.22. The molecule has 8 nitrogen and oxygen atoms in total. The van der Waals surface area contributed by atoms with Gasteiger partial charge in [0.2, 0.25) is 0 Å². The van der Waals surface area contributed by atoms with Crippen LogP contribution in [0.15, 0.2) is 42.7 Å². The van der Waals surface area contributed by atoms with E-state index in [1.807, 2.05) is 25.1 Å². The van der Waals surface area contributed by atoms with Gasteiger partial charge in [-0.25, -0.2) is 0 Å². The first-order chi connectivity index (χ1) is 15.0. The van der Waals surface area contributed by atoms with Crippen LogP contribution in [-0.4, -0.2) is 58.6 Å². The number of hydrogen-bond donors (Lipinski definition) is 4. The minimum absolute atomic E-state index is 0.148. The van der Waals surface area contributed by atoms with Gasteiger partial charge in [0.15, 0.2) is 5.79 Å². The van der Waals surface area contributed by atoms with Crippen LogP contribution in [0.5, 0.6) is 0 Å². The number of rotatable bonds is 9. The minimum atomic E-state index is -1.50. The van der Waals surface area contributed by atoms with Gasteiger partial charge < -0.3 is 25.6 Å². The van der Waals surface area contributed by atoms with E-state index in [0.717, 1.165) is 0 Å². The van der Waals surface area contributed by atoms with Gasteiger partial charge in [-0.2, -0.15) is 0 Å². The Hall–Kier alpha value is -2.23. The maximum absolute atomic E-state index is 12.3. The molecule has 2 amide bonds. The summed E-state index contributed by atoms with van der Waals surface area (Å²) in [6.07, 6.45) is 3.02. The van der Waals surface area contributed by atoms with Gasteiger partial charge in [-0.15, -0.1) is 0 Å². The third kappa shape index (κ3) is 11.4. The number of pyridine rings is 1. The smallest absolute Gasteiger partial charge is 0.254 e. The lowest BCUT2D eigenvalue weighted by atomic mass is 10.2. The lowest BCUT2D eigenvalue weighted by molar-refractivity contribution is -0.127. The van der Waals surface area contributed by atoms with Crippen molar-refractivity contribution in [2.75, 3.05) is 19.7 Å². The second kappa shape index (κ2) is 14.0. The number of amides is 2. The fourth-order valence-electron chi connectivity index (χ4n) is 2.44. The summed E-state index contributed by atoms with van der Waals surface area (Å²) in [5.41, 5.74) is 0.779. The molecule has 0 aliphatic carbocycles. The Bertz CT molecular complexity index is 834. The fourth-order valence-corrected chi connectivity index (χ4v) is 2.98. The van der Waals surface area contributed by atoms with Gasteiger partial charge >= 0.3 is 0 Å². The van der Waals surface area contributed by atoms with E-state index in [0.29, 0.717) is 25.1 Å². The number of benzene rings is 1. The van der Waals surface area contributed by atoms with Gasteiger partial charge in [0.1, 0.15) is 0 Å². The van der Waals surface area contributed by atoms with Crippen LogP contribution >= 0.6 is 23.2 Å². The summed E-state index contributed by atoms with van der Waals surface area (Å²) < 4.78 is 5.63. The van der Waals surface area contributed by atoms with Crippen LogP contribution in [0.25, 0.3) is 0 Å². The lowest BCUT2D eigenvalue weighted by Gasteiger charge is -2.18. The van der Waals surface area contributed by atoms with Gasteiger partial charge in [-0.05, 0) is 39.3 Å². The third-order valence-electron chi connectivity index (χ3n) is 3.76. The molecule has 0 fully saturated rings. The maximum atomic E-state index is 12.3. The molecule has 32 heavy (non-hydrogen) atoms. The molecule has 0 bridgehead atoms. The van der Waals surface area contributed by atoms with Crippen LogP contribution in [0.3, 0.4) is 0 Å². The molecule has 0 aliphatic rings. The van der Waals surface area contributed by atoms with Crippen LogP contribution in [0.4, 0.5) is 0 Å². The molecule has 0 spiro atoms. The van der Waals surface area contributed by atoms with E-state index >= 15 is 0 Å². The summed E-state index contributed by atoms with van der Waals surface area (Å²) in [4.78, 5) is 28.2. The zero-order valence-electron chi connectivity index (χ0n) is 18.3. The first-order valence-corrected chi connectivity index (χ1v) is 10.7. The standard InChI is InChI=1S/C19H21Cl2N3O3.C3H8O2/c1-2-27-14(8-9-23-18(25)13-6-4-3-5-7-13)10-24-19(26)17-15(20)11-22-12-16(17)21;1-3(2,4)5/h3-7,11-12,14H,2,8-10H2,1H3,(H,23,25)(H,24,26);4-5H,1-2H3. The summed E-state index contributed by atoms with van der Waals surface area (Å²) in [5.74, 6) is -2.05. The zero-order valence-corrected chi connectivity index (χ0v) is 19.8. The average molecular weight is 486 g/mol. The van der Waals surface area contributed by atoms with Crippen molar-refractivity contribution in [1.82, 2.24) is 15.6 Å². The largest absolute Gasteiger partial charge is 0.377 e. The molecule has 1 heterocycles. The van der Waals surface area contributed by atoms with E-state index in [-0.39, 0.29) is 34.2 Å². The molecule has 1 unspecified atom stereocenters. The Morgan fingerprint density at radius 1 is 1.06 bits per heavy atom. The van der Waals surface area contributed by atoms with Crippen molar-refractivity contribution < 1.29 is 24.5 Å². The fraction of sp³-hybridized carbons (Fsp3) is 0.409. The number of nitrogens with one attached hydrogen (secondary N) is 2. The summed E-state index contributed by atoms with van der Waals surface area (Å²) in [6.45, 7) is 5.64. The molecule has 10 heteroatoms. The normalized spacial score (nSPS) is 11.7. The quantitative estimate of drug-likeness (QED) is 0.405. The summed E-state index contributed by atoms with van der Waals surface area (Å²) in [5, 5.41) is 22.1. The number of halogens is 2. The number of aliphatic hydroxyl groups is 2. The SMILES string of the molecule is CC(C)(O)O.CCOC(CCNC(=O)c1ccccc1)CNC(=O)c1c(Cl)cncc1Cl. The Labute approximate surface area is 197 Å². The van der Waals surface area contributed by atoms with Gasteiger partial charge in [0, 0.05) is 37.7 Å². The average Bonchev–Trinajstić information content (AvgIpc) is 2.71. The van der Waals surface area contributed by atoms with E-state index in [2.05, 4.69) is 15.6 Å². The van der Waals surface area contributed by atoms with Crippen LogP contribution in [0, 0.1) is 0 Å². The molecule has 2 aromatic rings. The summed E-state index contributed by atoms with van der Waals surface area (Å²) in [6, 6.07) is 8.97. The van der Waals surface area contributed by atoms with Crippen molar-refractivity contribution in [2.24, 2.45) is 0 Å². The van der Waals surface area contributed by atoms with E-state index in [1.165, 1.54) is 26.2 Å². The molecule has 1 aromatic heterocycles. The molecule has 1 atom stereocenters. The van der Waals surface area contributed by atoms with Crippen molar-refractivity contribution in [2.45, 2.75) is 39.1 Å². The molecular weight excluding hydrogens is 457 g/mol. The molecule has 2 rings (SSSR count). The van der Waals surface area contributed by atoms with E-state index in [4.69, 9.17) is 38.2 Å². The maximum Gasteiger partial charge on any atom is 0.254 e. The van der Waals surface area contributed by atoms with Crippen molar-refractivity contribution in [3.05, 3.63) is 63.9 Å². The Morgan fingerprint density at radius 3 is 2.16 bits per heavy atom. The summed E-state index contributed by atoms with van der Waals surface area (Å²) >= 11 is 12.0. The highest BCUT2D eigenvalue weighted by atomic mass is 35.5. The molecule has 0 radical (unpaired) electrons. The highest BCUT2D eigenvalue weighted by molar-refractivity contribution is 6.39. The second-order valence-electron chi connectivity index (χ2n) is 7.17. The lowest BCUT2D eigenvalue weighted by Crippen LogP contribution is -2.36. The van der Waals surface area contributed by atoms with Crippen molar-refractivity contribution in [3.63, 3.8) is 0 Å². The van der Waals surface area contributed by atoms with Crippen LogP contribution in [0.1, 0.15) is 47.9 Å². The predicted octanol–water partition coefficient (Wildman–Crippen LogP) is 3.05. The number of aromatic nitrogens is 1. The van der Waals surface area contributed by atoms with Crippen LogP contribution < -0.4 is 10.6 Å². The van der Waals surface area contributed by atoms with Crippen molar-refractivity contribution in [3.8, 4) is 0 Å². The zero-order chi connectivity index (χ0) is 24.1. The topological polar surface area (TPSA) is 121 Å². The van der Waals surface area contributed by atoms with E-state index in [9.17, 15) is 9.59 Å². The molecule has 0 aliphatic heterocycles. The second-order valence-corrected chi connectivity index (χ2v) is 7.98. The number of nitrogens with zero attached hydrogens (tertiary/aromatic N) is 1. The predicted molar refractivity (Wildman–Crippen MR) is 124 cm³/mol. The molecule has 0 saturated carbocycles. The molecule has 0 saturated heterocycles. The number of carbonyl (C=O) groups is 2. The van der Waals surface area contributed by atoms with Crippen LogP contribution in [0.2, 0.25) is 10.0 Å². The molecule has 1 aromatic carbocycles. The Kier molecular flexibility index (Phi) is 12.2. The van der Waals surface area contributed by atoms with Crippen LogP contribution in [-0.2, 0) is 4.74 Å². The van der Waals surface area contributed by atoms with Gasteiger partial charge in [0.05, 0.1) is 21.7 Å². The van der Waals surface area contributed by atoms with Crippen molar-refractivity contribution >= 4 is 35.0 Å². The third-order valence-corrected chi connectivity index (χ3v) is 4.33. The number of hydrogen-bond acceptors (Lipinski definition) is 6. The molecule has 4 N–H and O–H groups in total. The number of carbonyl (C=O) groups excluding carboxylic acids is 2. The monoisotopic (exact) mass is 485 g/mol. The minimum Gasteiger partial charge on any atom is -0.377 e. The highest BCUT2D eigenvalue weighted by Gasteiger charge is 2.17.